The van der Waals surface area contributed by atoms with Crippen LogP contribution in [0.2, 0.25) is 0 Å². The van der Waals surface area contributed by atoms with Crippen molar-refractivity contribution in [3.8, 4) is 0 Å². The lowest BCUT2D eigenvalue weighted by Crippen LogP contribution is -2.40. The first-order valence-electron chi connectivity index (χ1n) is 8.92. The third-order valence-corrected chi connectivity index (χ3v) is 7.25. The van der Waals surface area contributed by atoms with E-state index in [1.807, 2.05) is 4.90 Å². The second-order valence-corrected chi connectivity index (χ2v) is 9.69. The van der Waals surface area contributed by atoms with E-state index >= 15 is 0 Å². The third-order valence-electron chi connectivity index (χ3n) is 5.79. The maximum absolute atomic E-state index is 12.5. The third kappa shape index (κ3) is 2.97. The lowest BCUT2D eigenvalue weighted by atomic mass is 9.80. The number of likely N-dealkylation sites (tertiary alicyclic amines) is 1. The molecule has 2 aliphatic carbocycles. The zero-order chi connectivity index (χ0) is 17.8. The molecule has 3 aliphatic rings. The summed E-state index contributed by atoms with van der Waals surface area (Å²) in [4.78, 5) is 18.9. The molecule has 138 valence electrons. The molecule has 3 fully saturated rings. The minimum Gasteiger partial charge on any atom is -0.341 e. The van der Waals surface area contributed by atoms with Gasteiger partial charge in [-0.2, -0.15) is 4.98 Å². The minimum atomic E-state index is -3.27. The number of fused-ring (bicyclic) bond motifs is 1. The number of hydrogen-bond acceptors (Lipinski definition) is 6. The highest BCUT2D eigenvalue weighted by Gasteiger charge is 2.59. The summed E-state index contributed by atoms with van der Waals surface area (Å²) in [6, 6.07) is -0.152. The predicted molar refractivity (Wildman–Crippen MR) is 89.1 cm³/mol. The number of rotatable bonds is 5. The average Bonchev–Trinajstić information content (AvgIpc) is 3.09. The fourth-order valence-corrected chi connectivity index (χ4v) is 5.24. The first kappa shape index (κ1) is 17.0. The molecule has 1 aliphatic heterocycles. The molecule has 0 bridgehead atoms. The van der Waals surface area contributed by atoms with Crippen molar-refractivity contribution in [2.75, 3.05) is 18.8 Å². The van der Waals surface area contributed by atoms with Gasteiger partial charge in [-0.05, 0) is 45.4 Å². The Balaban J connectivity index is 1.60. The number of nitrogens with zero attached hydrogens (tertiary/aromatic N) is 3. The maximum Gasteiger partial charge on any atom is 0.235 e. The number of nitrogens with one attached hydrogen (secondary N) is 1. The zero-order valence-corrected chi connectivity index (χ0v) is 15.4. The summed E-state index contributed by atoms with van der Waals surface area (Å²) in [5.74, 6) is 1.70. The zero-order valence-electron chi connectivity index (χ0n) is 14.6. The van der Waals surface area contributed by atoms with Gasteiger partial charge in [0.05, 0.1) is 11.2 Å². The van der Waals surface area contributed by atoms with Crippen LogP contribution in [0.3, 0.4) is 0 Å². The fraction of sp³-hybridized carbons (Fsp3) is 0.812. The van der Waals surface area contributed by atoms with Crippen LogP contribution in [0.1, 0.15) is 44.3 Å². The van der Waals surface area contributed by atoms with Crippen molar-refractivity contribution in [3.63, 3.8) is 0 Å². The normalized spacial score (nSPS) is 32.2. The van der Waals surface area contributed by atoms with Gasteiger partial charge in [0.15, 0.2) is 5.82 Å². The first-order chi connectivity index (χ1) is 11.8. The Morgan fingerprint density at radius 1 is 1.44 bits per heavy atom. The molecule has 8 nitrogen and oxygen atoms in total. The highest BCUT2D eigenvalue weighted by atomic mass is 32.2. The van der Waals surface area contributed by atoms with Crippen molar-refractivity contribution in [1.82, 2.24) is 19.8 Å². The van der Waals surface area contributed by atoms with Crippen molar-refractivity contribution in [2.24, 2.45) is 11.8 Å². The standard InChI is InChI=1S/C16H24N4O4S/c1-3-25(22,23)19-13-6-12-8-20(14(21)11-4-5-11)9-16(12,7-13)15-17-10(2)18-24-15/h11-13,19H,3-9H2,1-2H3/t12?,13-,16+/m1/s1. The molecule has 9 heteroatoms. The second-order valence-electron chi connectivity index (χ2n) is 7.65. The molecule has 0 aromatic carbocycles. The van der Waals surface area contributed by atoms with Gasteiger partial charge in [-0.3, -0.25) is 4.79 Å². The van der Waals surface area contributed by atoms with Gasteiger partial charge in [0.2, 0.25) is 21.8 Å². The Labute approximate surface area is 147 Å². The highest BCUT2D eigenvalue weighted by molar-refractivity contribution is 7.89. The van der Waals surface area contributed by atoms with Gasteiger partial charge in [0, 0.05) is 25.0 Å². The molecule has 2 heterocycles. The van der Waals surface area contributed by atoms with E-state index in [1.54, 1.807) is 13.8 Å². The smallest absolute Gasteiger partial charge is 0.235 e. The van der Waals surface area contributed by atoms with E-state index in [0.29, 0.717) is 37.6 Å². The van der Waals surface area contributed by atoms with Crippen LogP contribution in [-0.2, 0) is 20.2 Å². The van der Waals surface area contributed by atoms with Crippen LogP contribution in [0, 0.1) is 18.8 Å². The van der Waals surface area contributed by atoms with E-state index in [4.69, 9.17) is 4.52 Å². The molecule has 0 radical (unpaired) electrons. The monoisotopic (exact) mass is 368 g/mol. The van der Waals surface area contributed by atoms with Gasteiger partial charge in [0.1, 0.15) is 0 Å². The van der Waals surface area contributed by atoms with Crippen LogP contribution in [0.4, 0.5) is 0 Å². The van der Waals surface area contributed by atoms with Crippen LogP contribution >= 0.6 is 0 Å². The van der Waals surface area contributed by atoms with Crippen LogP contribution in [-0.4, -0.2) is 54.2 Å². The molecule has 1 amide bonds. The van der Waals surface area contributed by atoms with Gasteiger partial charge < -0.3 is 9.42 Å². The lowest BCUT2D eigenvalue weighted by Gasteiger charge is -2.25. The summed E-state index contributed by atoms with van der Waals surface area (Å²) in [5, 5.41) is 3.92. The molecule has 1 aromatic heterocycles. The highest BCUT2D eigenvalue weighted by Crippen LogP contribution is 2.51. The lowest BCUT2D eigenvalue weighted by molar-refractivity contribution is -0.131. The summed E-state index contributed by atoms with van der Waals surface area (Å²) in [7, 11) is -3.27. The molecule has 4 rings (SSSR count). The fourth-order valence-electron chi connectivity index (χ4n) is 4.39. The van der Waals surface area contributed by atoms with E-state index in [9.17, 15) is 13.2 Å². The first-order valence-corrected chi connectivity index (χ1v) is 10.6. The van der Waals surface area contributed by atoms with Crippen molar-refractivity contribution in [2.45, 2.75) is 51.0 Å². The van der Waals surface area contributed by atoms with Gasteiger partial charge in [-0.15, -0.1) is 0 Å². The Morgan fingerprint density at radius 3 is 2.80 bits per heavy atom. The van der Waals surface area contributed by atoms with Crippen LogP contribution < -0.4 is 4.72 Å². The van der Waals surface area contributed by atoms with Crippen LogP contribution in [0.15, 0.2) is 4.52 Å². The van der Waals surface area contributed by atoms with Gasteiger partial charge in [-0.1, -0.05) is 5.16 Å². The number of amides is 1. The quantitative estimate of drug-likeness (QED) is 0.815. The molecule has 1 saturated heterocycles. The summed E-state index contributed by atoms with van der Waals surface area (Å²) in [5.41, 5.74) is -0.438. The summed E-state index contributed by atoms with van der Waals surface area (Å²) < 4.78 is 32.2. The van der Waals surface area contributed by atoms with Crippen molar-refractivity contribution in [1.29, 1.82) is 0 Å². The number of aryl methyl sites for hydroxylation is 1. The Hall–Kier alpha value is -1.48. The average molecular weight is 368 g/mol. The van der Waals surface area contributed by atoms with Crippen molar-refractivity contribution < 1.29 is 17.7 Å². The maximum atomic E-state index is 12.5. The molecule has 1 unspecified atom stereocenters. The van der Waals surface area contributed by atoms with E-state index in [-0.39, 0.29) is 29.5 Å². The second kappa shape index (κ2) is 5.77. The topological polar surface area (TPSA) is 105 Å². The number of sulfonamides is 1. The molecule has 1 aromatic rings. The molecule has 25 heavy (non-hydrogen) atoms. The Bertz CT molecular complexity index is 788. The van der Waals surface area contributed by atoms with Crippen LogP contribution in [0.5, 0.6) is 0 Å². The van der Waals surface area contributed by atoms with E-state index in [0.717, 1.165) is 12.8 Å². The predicted octanol–water partition coefficient (Wildman–Crippen LogP) is 0.586. The summed E-state index contributed by atoms with van der Waals surface area (Å²) in [6.45, 7) is 4.58. The van der Waals surface area contributed by atoms with Crippen molar-refractivity contribution in [3.05, 3.63) is 11.7 Å². The van der Waals surface area contributed by atoms with E-state index in [2.05, 4.69) is 14.9 Å². The number of aromatic nitrogens is 2. The Morgan fingerprint density at radius 2 is 2.20 bits per heavy atom. The van der Waals surface area contributed by atoms with E-state index < -0.39 is 15.4 Å². The summed E-state index contributed by atoms with van der Waals surface area (Å²) >= 11 is 0. The summed E-state index contributed by atoms with van der Waals surface area (Å²) in [6.07, 6.45) is 3.24. The Kier molecular flexibility index (Phi) is 3.91. The molecular formula is C16H24N4O4S. The van der Waals surface area contributed by atoms with E-state index in [1.165, 1.54) is 0 Å². The molecule has 2 saturated carbocycles. The molecule has 1 N–H and O–H groups in total. The molecular weight excluding hydrogens is 344 g/mol. The van der Waals surface area contributed by atoms with Gasteiger partial charge in [-0.25, -0.2) is 13.1 Å². The van der Waals surface area contributed by atoms with Crippen molar-refractivity contribution >= 4 is 15.9 Å². The number of carbonyl (C=O) groups excluding carboxylic acids is 1. The molecule has 0 spiro atoms. The van der Waals surface area contributed by atoms with Gasteiger partial charge >= 0.3 is 0 Å². The molecule has 3 atom stereocenters. The minimum absolute atomic E-state index is 0.0626. The van der Waals surface area contributed by atoms with Crippen LogP contribution in [0.25, 0.3) is 0 Å². The SMILES string of the molecule is CCS(=O)(=O)N[C@@H]1CC2CN(C(=O)C3CC3)C[C@@]2(c2nc(C)no2)C1. The number of hydrogen-bond donors (Lipinski definition) is 1. The largest absolute Gasteiger partial charge is 0.341 e. The van der Waals surface area contributed by atoms with Gasteiger partial charge in [0.25, 0.3) is 0 Å². The number of carbonyl (C=O) groups is 1.